The number of ketones is 1. The second-order valence-corrected chi connectivity index (χ2v) is 9.67. The Bertz CT molecular complexity index is 1370. The maximum Gasteiger partial charge on any atom is 0.295 e. The number of rotatable bonds is 8. The predicted molar refractivity (Wildman–Crippen MR) is 146 cm³/mol. The molecule has 1 saturated heterocycles. The molecule has 38 heavy (non-hydrogen) atoms. The van der Waals surface area contributed by atoms with E-state index in [1.807, 2.05) is 58.0 Å². The van der Waals surface area contributed by atoms with Crippen LogP contribution in [0.1, 0.15) is 47.7 Å². The highest BCUT2D eigenvalue weighted by molar-refractivity contribution is 6.46. The van der Waals surface area contributed by atoms with Crippen molar-refractivity contribution in [3.8, 4) is 17.2 Å². The number of nitrogens with zero attached hydrogens (tertiary/aromatic N) is 1. The minimum Gasteiger partial charge on any atom is -0.507 e. The van der Waals surface area contributed by atoms with Crippen LogP contribution in [0.3, 0.4) is 0 Å². The van der Waals surface area contributed by atoms with Crippen LogP contribution in [0.4, 0.5) is 0 Å². The van der Waals surface area contributed by atoms with E-state index >= 15 is 0 Å². The Hall–Kier alpha value is -4.26. The molecule has 3 aromatic carbocycles. The van der Waals surface area contributed by atoms with Crippen molar-refractivity contribution in [1.29, 1.82) is 0 Å². The van der Waals surface area contributed by atoms with E-state index in [-0.39, 0.29) is 24.0 Å². The normalized spacial score (nSPS) is 16.7. The highest BCUT2D eigenvalue weighted by Gasteiger charge is 2.46. The Labute approximate surface area is 223 Å². The number of ether oxygens (including phenoxy) is 3. The predicted octanol–water partition coefficient (Wildman–Crippen LogP) is 5.73. The van der Waals surface area contributed by atoms with E-state index in [4.69, 9.17) is 14.2 Å². The number of hydrogen-bond donors (Lipinski definition) is 1. The molecule has 0 saturated carbocycles. The van der Waals surface area contributed by atoms with Crippen LogP contribution < -0.4 is 14.2 Å². The summed E-state index contributed by atoms with van der Waals surface area (Å²) >= 11 is 0. The van der Waals surface area contributed by atoms with Crippen LogP contribution in [-0.4, -0.2) is 42.0 Å². The van der Waals surface area contributed by atoms with Crippen molar-refractivity contribution in [3.63, 3.8) is 0 Å². The summed E-state index contributed by atoms with van der Waals surface area (Å²) in [5, 5.41) is 11.6. The molecule has 1 unspecified atom stereocenters. The molecule has 0 bridgehead atoms. The van der Waals surface area contributed by atoms with Crippen LogP contribution in [0.2, 0.25) is 0 Å². The molecule has 1 amide bonds. The summed E-state index contributed by atoms with van der Waals surface area (Å²) in [6, 6.07) is 17.4. The van der Waals surface area contributed by atoms with Crippen LogP contribution in [0.5, 0.6) is 17.2 Å². The number of aliphatic hydroxyl groups is 1. The number of likely N-dealkylation sites (tertiary alicyclic amines) is 1. The number of amides is 1. The minimum absolute atomic E-state index is 0.0169. The molecule has 0 aliphatic carbocycles. The first-order valence-corrected chi connectivity index (χ1v) is 12.5. The second kappa shape index (κ2) is 11.0. The van der Waals surface area contributed by atoms with Crippen molar-refractivity contribution in [1.82, 2.24) is 4.90 Å². The number of benzene rings is 3. The number of carbonyl (C=O) groups is 2. The fraction of sp³-hybridized carbons (Fsp3) is 0.290. The molecule has 1 heterocycles. The van der Waals surface area contributed by atoms with Crippen LogP contribution in [-0.2, 0) is 16.1 Å². The zero-order valence-corrected chi connectivity index (χ0v) is 22.6. The van der Waals surface area contributed by atoms with Crippen LogP contribution in [0.15, 0.2) is 66.2 Å². The van der Waals surface area contributed by atoms with Gasteiger partial charge >= 0.3 is 0 Å². The maximum absolute atomic E-state index is 13.5. The highest BCUT2D eigenvalue weighted by Crippen LogP contribution is 2.42. The molecule has 1 aliphatic heterocycles. The largest absolute Gasteiger partial charge is 0.507 e. The lowest BCUT2D eigenvalue weighted by atomic mass is 9.93. The monoisotopic (exact) mass is 515 g/mol. The first-order chi connectivity index (χ1) is 18.1. The first-order valence-electron chi connectivity index (χ1n) is 12.5. The molecule has 1 aliphatic rings. The van der Waals surface area contributed by atoms with Gasteiger partial charge in [-0.1, -0.05) is 30.3 Å². The summed E-state index contributed by atoms with van der Waals surface area (Å²) in [6.45, 7) is 7.84. The molecule has 7 heteroatoms. The van der Waals surface area contributed by atoms with Gasteiger partial charge in [0.25, 0.3) is 11.7 Å². The summed E-state index contributed by atoms with van der Waals surface area (Å²) < 4.78 is 16.6. The Morgan fingerprint density at radius 1 is 0.921 bits per heavy atom. The second-order valence-electron chi connectivity index (χ2n) is 9.67. The van der Waals surface area contributed by atoms with E-state index in [9.17, 15) is 14.7 Å². The zero-order chi connectivity index (χ0) is 27.6. The van der Waals surface area contributed by atoms with Crippen LogP contribution in [0, 0.1) is 13.8 Å². The molecule has 4 rings (SSSR count). The lowest BCUT2D eigenvalue weighted by Crippen LogP contribution is -2.29. The topological polar surface area (TPSA) is 85.3 Å². The van der Waals surface area contributed by atoms with Crippen molar-refractivity contribution in [2.75, 3.05) is 14.2 Å². The van der Waals surface area contributed by atoms with Gasteiger partial charge in [-0.3, -0.25) is 9.59 Å². The number of methoxy groups -OCH3 is 2. The van der Waals surface area contributed by atoms with Crippen molar-refractivity contribution in [3.05, 3.63) is 94.1 Å². The van der Waals surface area contributed by atoms with Gasteiger partial charge in [-0.2, -0.15) is 0 Å². The molecule has 3 aromatic rings. The van der Waals surface area contributed by atoms with Gasteiger partial charge in [0.05, 0.1) is 37.5 Å². The summed E-state index contributed by atoms with van der Waals surface area (Å²) in [5.74, 6) is 0.119. The van der Waals surface area contributed by atoms with E-state index in [0.717, 1.165) is 22.4 Å². The van der Waals surface area contributed by atoms with Crippen molar-refractivity contribution in [2.24, 2.45) is 0 Å². The summed E-state index contributed by atoms with van der Waals surface area (Å²) in [7, 11) is 3.08. The molecule has 1 N–H and O–H groups in total. The smallest absolute Gasteiger partial charge is 0.295 e. The van der Waals surface area contributed by atoms with Gasteiger partial charge in [-0.05, 0) is 80.3 Å². The summed E-state index contributed by atoms with van der Waals surface area (Å²) in [4.78, 5) is 28.4. The summed E-state index contributed by atoms with van der Waals surface area (Å²) in [6.07, 6.45) is 0.0380. The van der Waals surface area contributed by atoms with Gasteiger partial charge in [0, 0.05) is 6.54 Å². The average Bonchev–Trinajstić information content (AvgIpc) is 3.13. The Kier molecular flexibility index (Phi) is 7.76. The zero-order valence-electron chi connectivity index (χ0n) is 22.6. The standard InChI is InChI=1S/C31H33NO6/c1-18(2)38-24-11-7-21(8-12-24)17-32-27(22-9-13-23(36-5)14-10-22)26(29(34)31(32)35)28(33)25-16-19(3)15-20(4)30(25)37-6/h7-16,18,27,33H,17H2,1-6H3/b28-26+. The molecule has 1 atom stereocenters. The Morgan fingerprint density at radius 2 is 1.55 bits per heavy atom. The lowest BCUT2D eigenvalue weighted by Gasteiger charge is -2.26. The third kappa shape index (κ3) is 5.23. The average molecular weight is 516 g/mol. The first kappa shape index (κ1) is 26.8. The van der Waals surface area contributed by atoms with Crippen molar-refractivity contribution >= 4 is 17.4 Å². The maximum atomic E-state index is 13.5. The Morgan fingerprint density at radius 3 is 2.13 bits per heavy atom. The molecule has 198 valence electrons. The van der Waals surface area contributed by atoms with Gasteiger partial charge in [-0.25, -0.2) is 0 Å². The quantitative estimate of drug-likeness (QED) is 0.234. The van der Waals surface area contributed by atoms with Crippen molar-refractivity contribution in [2.45, 2.75) is 46.4 Å². The molecule has 0 spiro atoms. The van der Waals surface area contributed by atoms with Gasteiger partial charge in [0.15, 0.2) is 0 Å². The number of aliphatic hydroxyl groups excluding tert-OH is 1. The molecular formula is C31H33NO6. The molecule has 0 aromatic heterocycles. The van der Waals surface area contributed by atoms with E-state index in [1.165, 1.54) is 12.0 Å². The number of Topliss-reactive ketones (excluding diaryl/α,β-unsaturated/α-hetero) is 1. The number of aryl methyl sites for hydroxylation is 2. The molecule has 1 fully saturated rings. The van der Waals surface area contributed by atoms with Crippen LogP contribution in [0.25, 0.3) is 5.76 Å². The molecule has 0 radical (unpaired) electrons. The molecule has 7 nitrogen and oxygen atoms in total. The van der Waals surface area contributed by atoms with Gasteiger partial charge in [0.1, 0.15) is 23.0 Å². The SMILES string of the molecule is COc1ccc(C2/C(=C(\O)c3cc(C)cc(C)c3OC)C(=O)C(=O)N2Cc2ccc(OC(C)C)cc2)cc1. The number of carbonyl (C=O) groups excluding carboxylic acids is 2. The fourth-order valence-electron chi connectivity index (χ4n) is 4.86. The van der Waals surface area contributed by atoms with E-state index < -0.39 is 17.7 Å². The highest BCUT2D eigenvalue weighted by atomic mass is 16.5. The number of hydrogen-bond acceptors (Lipinski definition) is 6. The third-order valence-electron chi connectivity index (χ3n) is 6.50. The third-order valence-corrected chi connectivity index (χ3v) is 6.50. The summed E-state index contributed by atoms with van der Waals surface area (Å²) in [5.41, 5.74) is 3.59. The fourth-order valence-corrected chi connectivity index (χ4v) is 4.86. The van der Waals surface area contributed by atoms with Gasteiger partial charge in [0.2, 0.25) is 0 Å². The van der Waals surface area contributed by atoms with E-state index in [0.29, 0.717) is 22.6 Å². The molecular weight excluding hydrogens is 482 g/mol. The van der Waals surface area contributed by atoms with E-state index in [2.05, 4.69) is 0 Å². The lowest BCUT2D eigenvalue weighted by molar-refractivity contribution is -0.140. The van der Waals surface area contributed by atoms with E-state index in [1.54, 1.807) is 37.4 Å². The Balaban J connectivity index is 1.84. The van der Waals surface area contributed by atoms with Gasteiger partial charge in [-0.15, -0.1) is 0 Å². The van der Waals surface area contributed by atoms with Crippen molar-refractivity contribution < 1.29 is 28.9 Å². The minimum atomic E-state index is -0.807. The van der Waals surface area contributed by atoms with Crippen LogP contribution >= 0.6 is 0 Å². The van der Waals surface area contributed by atoms with Gasteiger partial charge < -0.3 is 24.2 Å².